The smallest absolute Gasteiger partial charge is 0.355 e. The van der Waals surface area contributed by atoms with Crippen LogP contribution in [0.15, 0.2) is 0 Å². The minimum Gasteiger partial charge on any atom is -0.450 e. The van der Waals surface area contributed by atoms with Gasteiger partial charge in [0.15, 0.2) is 0 Å². The van der Waals surface area contributed by atoms with Gasteiger partial charge in [0.05, 0.1) is 7.11 Å². The summed E-state index contributed by atoms with van der Waals surface area (Å²) in [7, 11) is 5.73. The second-order valence-corrected chi connectivity index (χ2v) is 2.00. The van der Waals surface area contributed by atoms with Crippen LogP contribution in [0.2, 0.25) is 0 Å². The Morgan fingerprint density at radius 1 is 1.07 bits per heavy atom. The van der Waals surface area contributed by atoms with Crippen LogP contribution in [0.25, 0.3) is 0 Å². The van der Waals surface area contributed by atoms with E-state index >= 15 is 0 Å². The first-order chi connectivity index (χ1) is 6.97. The summed E-state index contributed by atoms with van der Waals surface area (Å²) in [6.07, 6.45) is 2.32. The first-order valence-electron chi connectivity index (χ1n) is 3.73. The normalized spacial score (nSPS) is 9.07. The molecule has 15 heavy (non-hydrogen) atoms. The van der Waals surface area contributed by atoms with Crippen molar-refractivity contribution in [3.63, 3.8) is 0 Å². The van der Waals surface area contributed by atoms with E-state index in [1.165, 1.54) is 28.4 Å². The molecule has 0 fully saturated rings. The highest BCUT2D eigenvalue weighted by Crippen LogP contribution is 2.09. The van der Waals surface area contributed by atoms with Gasteiger partial charge >= 0.3 is 12.0 Å². The Bertz CT molecular complexity index is 217. The van der Waals surface area contributed by atoms with Crippen molar-refractivity contribution in [1.29, 1.82) is 0 Å². The number of methoxy groups -OCH3 is 4. The SMILES string of the molecule is COC#CC(OC)(OC)OC.NC(N)=O. The van der Waals surface area contributed by atoms with Gasteiger partial charge in [-0.3, -0.25) is 0 Å². The van der Waals surface area contributed by atoms with Crippen LogP contribution < -0.4 is 11.5 Å². The van der Waals surface area contributed by atoms with Gasteiger partial charge in [0.1, 0.15) is 6.11 Å². The molecule has 0 unspecified atom stereocenters. The number of hydrogen-bond acceptors (Lipinski definition) is 5. The number of carbonyl (C=O) groups is 1. The summed E-state index contributed by atoms with van der Waals surface area (Å²) < 4.78 is 19.0. The van der Waals surface area contributed by atoms with Crippen molar-refractivity contribution in [1.82, 2.24) is 0 Å². The van der Waals surface area contributed by atoms with Crippen LogP contribution in [0.3, 0.4) is 0 Å². The van der Waals surface area contributed by atoms with Gasteiger partial charge in [0.25, 0.3) is 0 Å². The summed E-state index contributed by atoms with van der Waals surface area (Å²) >= 11 is 0. The molecule has 0 aromatic carbocycles. The summed E-state index contributed by atoms with van der Waals surface area (Å²) in [5.74, 6) is 1.18. The van der Waals surface area contributed by atoms with Crippen LogP contribution in [0.4, 0.5) is 4.79 Å². The van der Waals surface area contributed by atoms with Gasteiger partial charge in [0, 0.05) is 27.2 Å². The maximum Gasteiger partial charge on any atom is 0.355 e. The standard InChI is InChI=1S/C7H12O4.CH4N2O/c1-8-6-5-7(9-2,10-3)11-4;2-1(3)4/h1-4H3;(H4,2,3,4). The van der Waals surface area contributed by atoms with Crippen molar-refractivity contribution < 1.29 is 23.7 Å². The van der Waals surface area contributed by atoms with Crippen LogP contribution in [0, 0.1) is 12.0 Å². The quantitative estimate of drug-likeness (QED) is 0.479. The van der Waals surface area contributed by atoms with Crippen molar-refractivity contribution in [2.24, 2.45) is 11.5 Å². The zero-order valence-electron chi connectivity index (χ0n) is 9.20. The number of rotatable bonds is 3. The molecule has 0 rings (SSSR count). The van der Waals surface area contributed by atoms with Gasteiger partial charge in [0.2, 0.25) is 0 Å². The fourth-order valence-electron chi connectivity index (χ4n) is 0.517. The summed E-state index contributed by atoms with van der Waals surface area (Å²) in [5, 5.41) is 0. The summed E-state index contributed by atoms with van der Waals surface area (Å²) in [5.41, 5.74) is 8.50. The van der Waals surface area contributed by atoms with Gasteiger partial charge in [-0.05, 0) is 0 Å². The summed E-state index contributed by atoms with van der Waals surface area (Å²) in [4.78, 5) is 9.00. The average Bonchev–Trinajstić information content (AvgIpc) is 2.20. The third kappa shape index (κ3) is 8.83. The van der Waals surface area contributed by atoms with Crippen molar-refractivity contribution >= 4 is 6.03 Å². The first-order valence-corrected chi connectivity index (χ1v) is 3.73. The predicted octanol–water partition coefficient (Wildman–Crippen LogP) is -0.789. The van der Waals surface area contributed by atoms with Crippen molar-refractivity contribution in [2.45, 2.75) is 5.97 Å². The monoisotopic (exact) mass is 220 g/mol. The number of carbonyl (C=O) groups excluding carboxylic acids is 1. The number of ether oxygens (including phenoxy) is 4. The number of primary amides is 2. The number of urea groups is 1. The highest BCUT2D eigenvalue weighted by molar-refractivity contribution is 5.69. The van der Waals surface area contributed by atoms with E-state index in [-0.39, 0.29) is 0 Å². The third-order valence-electron chi connectivity index (χ3n) is 1.11. The minimum atomic E-state index is -1.31. The molecule has 0 saturated carbocycles. The van der Waals surface area contributed by atoms with E-state index in [2.05, 4.69) is 28.2 Å². The largest absolute Gasteiger partial charge is 0.450 e. The molecule has 4 N–H and O–H groups in total. The lowest BCUT2D eigenvalue weighted by Crippen LogP contribution is -2.34. The molecule has 0 radical (unpaired) electrons. The zero-order chi connectivity index (χ0) is 12.3. The van der Waals surface area contributed by atoms with E-state index in [1.54, 1.807) is 0 Å². The summed E-state index contributed by atoms with van der Waals surface area (Å²) in [6.45, 7) is 0. The van der Waals surface area contributed by atoms with Crippen molar-refractivity contribution in [3.8, 4) is 12.0 Å². The fourth-order valence-corrected chi connectivity index (χ4v) is 0.517. The van der Waals surface area contributed by atoms with E-state index in [0.29, 0.717) is 0 Å². The second-order valence-electron chi connectivity index (χ2n) is 2.00. The molecular weight excluding hydrogens is 204 g/mol. The third-order valence-corrected chi connectivity index (χ3v) is 1.11. The van der Waals surface area contributed by atoms with Gasteiger partial charge in [-0.25, -0.2) is 4.79 Å². The molecule has 0 aliphatic carbocycles. The molecule has 0 heterocycles. The van der Waals surface area contributed by atoms with E-state index in [0.717, 1.165) is 0 Å². The molecule has 7 nitrogen and oxygen atoms in total. The van der Waals surface area contributed by atoms with Crippen LogP contribution in [-0.4, -0.2) is 40.4 Å². The number of amides is 2. The second kappa shape index (κ2) is 9.08. The van der Waals surface area contributed by atoms with Gasteiger partial charge < -0.3 is 30.4 Å². The van der Waals surface area contributed by atoms with Crippen molar-refractivity contribution in [2.75, 3.05) is 28.4 Å². The molecule has 0 atom stereocenters. The molecule has 0 aliphatic heterocycles. The molecule has 0 bridgehead atoms. The number of hydrogen-bond donors (Lipinski definition) is 2. The Morgan fingerprint density at radius 3 is 1.60 bits per heavy atom. The lowest BCUT2D eigenvalue weighted by molar-refractivity contribution is -0.311. The minimum absolute atomic E-state index is 0.833. The van der Waals surface area contributed by atoms with Crippen LogP contribution in [-0.2, 0) is 18.9 Å². The molecule has 0 aromatic rings. The lowest BCUT2D eigenvalue weighted by atomic mass is 10.5. The van der Waals surface area contributed by atoms with Gasteiger partial charge in [-0.15, -0.1) is 0 Å². The lowest BCUT2D eigenvalue weighted by Gasteiger charge is -2.21. The van der Waals surface area contributed by atoms with Crippen LogP contribution >= 0.6 is 0 Å². The maximum atomic E-state index is 9.00. The van der Waals surface area contributed by atoms with Gasteiger partial charge in [-0.1, -0.05) is 0 Å². The van der Waals surface area contributed by atoms with Crippen molar-refractivity contribution in [3.05, 3.63) is 0 Å². The van der Waals surface area contributed by atoms with Gasteiger partial charge in [-0.2, -0.15) is 0 Å². The number of nitrogens with two attached hydrogens (primary N) is 2. The maximum absolute atomic E-state index is 9.00. The van der Waals surface area contributed by atoms with E-state index in [4.69, 9.17) is 19.0 Å². The summed E-state index contributed by atoms with van der Waals surface area (Å²) in [6, 6.07) is -0.833. The Balaban J connectivity index is 0. The van der Waals surface area contributed by atoms with E-state index in [1.807, 2.05) is 0 Å². The molecule has 7 heteroatoms. The first kappa shape index (κ1) is 16.0. The fraction of sp³-hybridized carbons (Fsp3) is 0.625. The molecule has 88 valence electrons. The van der Waals surface area contributed by atoms with E-state index < -0.39 is 12.0 Å². The molecular formula is C8H16N2O5. The Morgan fingerprint density at radius 2 is 1.40 bits per heavy atom. The molecule has 0 spiro atoms. The molecule has 0 aliphatic rings. The zero-order valence-corrected chi connectivity index (χ0v) is 9.20. The topological polar surface area (TPSA) is 106 Å². The Kier molecular flexibility index (Phi) is 9.66. The van der Waals surface area contributed by atoms with E-state index in [9.17, 15) is 0 Å². The molecule has 0 saturated heterocycles. The average molecular weight is 220 g/mol. The Hall–Kier alpha value is -1.49. The van der Waals surface area contributed by atoms with Crippen LogP contribution in [0.5, 0.6) is 0 Å². The molecule has 0 aromatic heterocycles. The Labute approximate surface area is 88.6 Å². The highest BCUT2D eigenvalue weighted by Gasteiger charge is 2.26. The van der Waals surface area contributed by atoms with Crippen LogP contribution in [0.1, 0.15) is 0 Å². The predicted molar refractivity (Wildman–Crippen MR) is 52.3 cm³/mol. The molecule has 2 amide bonds. The highest BCUT2D eigenvalue weighted by atomic mass is 16.9.